The first-order chi connectivity index (χ1) is 14.4. The summed E-state index contributed by atoms with van der Waals surface area (Å²) < 4.78 is 28.7. The number of carbonyl (C=O) groups is 1. The molecular weight excluding hydrogens is 402 g/mol. The molecule has 1 amide bonds. The van der Waals surface area contributed by atoms with Gasteiger partial charge in [0.25, 0.3) is 11.5 Å². The molecule has 2 saturated heterocycles. The molecule has 8 heteroatoms. The summed E-state index contributed by atoms with van der Waals surface area (Å²) in [6.45, 7) is 2.95. The molecule has 0 radical (unpaired) electrons. The number of amides is 1. The number of rotatable bonds is 3. The Kier molecular flexibility index (Phi) is 4.78. The Morgan fingerprint density at radius 3 is 2.40 bits per heavy atom. The van der Waals surface area contributed by atoms with Crippen LogP contribution in [0.3, 0.4) is 0 Å². The van der Waals surface area contributed by atoms with Crippen LogP contribution in [0.5, 0.6) is 0 Å². The van der Waals surface area contributed by atoms with Gasteiger partial charge in [0.15, 0.2) is 0 Å². The monoisotopic (exact) mass is 427 g/mol. The van der Waals surface area contributed by atoms with E-state index < -0.39 is 10.0 Å². The smallest absolute Gasteiger partial charge is 0.253 e. The SMILES string of the molecule is O=C(c1ccc(S(=O)(=O)N2CCCC2)cc1)N1CC2CC(C1)c1cccc(=O)n1C2. The first kappa shape index (κ1) is 19.5. The van der Waals surface area contributed by atoms with Gasteiger partial charge < -0.3 is 9.47 Å². The maximum atomic E-state index is 13.1. The fourth-order valence-corrected chi connectivity index (χ4v) is 6.61. The molecular formula is C22H25N3O4S. The van der Waals surface area contributed by atoms with Crippen LogP contribution in [-0.4, -0.2) is 54.3 Å². The van der Waals surface area contributed by atoms with Crippen molar-refractivity contribution in [2.24, 2.45) is 5.92 Å². The standard InChI is InChI=1S/C22H25N3O4S/c26-21-5-3-4-20-18-12-16(14-25(20)21)13-23(15-18)22(27)17-6-8-19(9-7-17)30(28,29)24-10-1-2-11-24/h3-9,16,18H,1-2,10-15H2. The quantitative estimate of drug-likeness (QED) is 0.749. The van der Waals surface area contributed by atoms with Crippen LogP contribution < -0.4 is 5.56 Å². The van der Waals surface area contributed by atoms with Gasteiger partial charge in [-0.15, -0.1) is 0 Å². The minimum Gasteiger partial charge on any atom is -0.338 e. The summed E-state index contributed by atoms with van der Waals surface area (Å²) in [5.74, 6) is 0.335. The van der Waals surface area contributed by atoms with Gasteiger partial charge in [-0.1, -0.05) is 6.07 Å². The van der Waals surface area contributed by atoms with Crippen LogP contribution in [0.25, 0.3) is 0 Å². The number of pyridine rings is 1. The van der Waals surface area contributed by atoms with E-state index in [1.807, 2.05) is 15.5 Å². The number of hydrogen-bond donors (Lipinski definition) is 0. The van der Waals surface area contributed by atoms with Gasteiger partial charge >= 0.3 is 0 Å². The van der Waals surface area contributed by atoms with E-state index in [1.165, 1.54) is 4.31 Å². The first-order valence-electron chi connectivity index (χ1n) is 10.5. The van der Waals surface area contributed by atoms with Gasteiger partial charge in [-0.05, 0) is 55.5 Å². The largest absolute Gasteiger partial charge is 0.338 e. The van der Waals surface area contributed by atoms with Crippen molar-refractivity contribution in [2.75, 3.05) is 26.2 Å². The molecule has 2 fully saturated rings. The summed E-state index contributed by atoms with van der Waals surface area (Å²) >= 11 is 0. The Morgan fingerprint density at radius 1 is 0.933 bits per heavy atom. The lowest BCUT2D eigenvalue weighted by Crippen LogP contribution is -2.49. The van der Waals surface area contributed by atoms with E-state index in [9.17, 15) is 18.0 Å². The Bertz CT molecular complexity index is 1130. The summed E-state index contributed by atoms with van der Waals surface area (Å²) in [7, 11) is -3.48. The molecule has 2 atom stereocenters. The van der Waals surface area contributed by atoms with Crippen molar-refractivity contribution >= 4 is 15.9 Å². The third-order valence-electron chi connectivity index (χ3n) is 6.57. The van der Waals surface area contributed by atoms with Crippen molar-refractivity contribution in [1.29, 1.82) is 0 Å². The van der Waals surface area contributed by atoms with Crippen molar-refractivity contribution < 1.29 is 13.2 Å². The van der Waals surface area contributed by atoms with E-state index in [4.69, 9.17) is 0 Å². The highest BCUT2D eigenvalue weighted by Gasteiger charge is 2.36. The summed E-state index contributed by atoms with van der Waals surface area (Å²) in [5.41, 5.74) is 1.53. The van der Waals surface area contributed by atoms with Gasteiger partial charge in [0.1, 0.15) is 0 Å². The molecule has 2 aromatic rings. The lowest BCUT2D eigenvalue weighted by Gasteiger charge is -2.42. The topological polar surface area (TPSA) is 79.7 Å². The Morgan fingerprint density at radius 2 is 1.67 bits per heavy atom. The maximum Gasteiger partial charge on any atom is 0.253 e. The number of carbonyl (C=O) groups excluding carboxylic acids is 1. The fraction of sp³-hybridized carbons (Fsp3) is 0.455. The van der Waals surface area contributed by atoms with Gasteiger partial charge in [-0.3, -0.25) is 9.59 Å². The molecule has 158 valence electrons. The number of aromatic nitrogens is 1. The molecule has 3 aliphatic heterocycles. The van der Waals surface area contributed by atoms with E-state index in [2.05, 4.69) is 0 Å². The zero-order chi connectivity index (χ0) is 20.9. The second-order valence-electron chi connectivity index (χ2n) is 8.54. The average molecular weight is 428 g/mol. The van der Waals surface area contributed by atoms with Crippen molar-refractivity contribution in [2.45, 2.75) is 36.6 Å². The molecule has 3 aliphatic rings. The number of nitrogens with zero attached hydrogens (tertiary/aromatic N) is 3. The third kappa shape index (κ3) is 3.28. The lowest BCUT2D eigenvalue weighted by molar-refractivity contribution is 0.0594. The van der Waals surface area contributed by atoms with Crippen LogP contribution >= 0.6 is 0 Å². The second-order valence-corrected chi connectivity index (χ2v) is 10.5. The number of hydrogen-bond acceptors (Lipinski definition) is 4. The Balaban J connectivity index is 1.35. The van der Waals surface area contributed by atoms with Crippen LogP contribution in [0.1, 0.15) is 41.2 Å². The van der Waals surface area contributed by atoms with E-state index in [-0.39, 0.29) is 28.2 Å². The highest BCUT2D eigenvalue weighted by Crippen LogP contribution is 2.35. The van der Waals surface area contributed by atoms with E-state index in [0.29, 0.717) is 38.3 Å². The molecule has 0 spiro atoms. The maximum absolute atomic E-state index is 13.1. The van der Waals surface area contributed by atoms with E-state index in [0.717, 1.165) is 25.0 Å². The zero-order valence-electron chi connectivity index (χ0n) is 16.7. The van der Waals surface area contributed by atoms with Crippen LogP contribution in [0, 0.1) is 5.92 Å². The normalized spacial score (nSPS) is 23.9. The number of piperidine rings is 1. The Labute approximate surface area is 176 Å². The van der Waals surface area contributed by atoms with Crippen LogP contribution in [0.4, 0.5) is 0 Å². The molecule has 0 saturated carbocycles. The zero-order valence-corrected chi connectivity index (χ0v) is 17.6. The minimum atomic E-state index is -3.48. The minimum absolute atomic E-state index is 0.0248. The highest BCUT2D eigenvalue weighted by atomic mass is 32.2. The molecule has 2 unspecified atom stereocenters. The molecule has 5 rings (SSSR count). The molecule has 4 heterocycles. The summed E-state index contributed by atoms with van der Waals surface area (Å²) in [6, 6.07) is 11.7. The summed E-state index contributed by atoms with van der Waals surface area (Å²) in [5, 5.41) is 0. The van der Waals surface area contributed by atoms with Gasteiger partial charge in [-0.2, -0.15) is 4.31 Å². The molecule has 1 aromatic heterocycles. The van der Waals surface area contributed by atoms with Crippen molar-refractivity contribution in [1.82, 2.24) is 13.8 Å². The molecule has 7 nitrogen and oxygen atoms in total. The third-order valence-corrected chi connectivity index (χ3v) is 8.48. The van der Waals surface area contributed by atoms with Gasteiger partial charge in [-0.25, -0.2) is 8.42 Å². The van der Waals surface area contributed by atoms with Crippen molar-refractivity contribution in [3.05, 3.63) is 64.1 Å². The van der Waals surface area contributed by atoms with Crippen LogP contribution in [-0.2, 0) is 16.6 Å². The number of sulfonamides is 1. The van der Waals surface area contributed by atoms with E-state index >= 15 is 0 Å². The molecule has 1 aromatic carbocycles. The fourth-order valence-electron chi connectivity index (χ4n) is 5.09. The lowest BCUT2D eigenvalue weighted by atomic mass is 9.83. The van der Waals surface area contributed by atoms with Crippen molar-refractivity contribution in [3.8, 4) is 0 Å². The van der Waals surface area contributed by atoms with Crippen molar-refractivity contribution in [3.63, 3.8) is 0 Å². The predicted molar refractivity (Wildman–Crippen MR) is 112 cm³/mol. The molecule has 30 heavy (non-hydrogen) atoms. The number of likely N-dealkylation sites (tertiary alicyclic amines) is 1. The van der Waals surface area contributed by atoms with Gasteiger partial charge in [0.2, 0.25) is 10.0 Å². The molecule has 0 aliphatic carbocycles. The van der Waals surface area contributed by atoms with Gasteiger partial charge in [0, 0.05) is 56.0 Å². The van der Waals surface area contributed by atoms with Crippen LogP contribution in [0.2, 0.25) is 0 Å². The molecule has 2 bridgehead atoms. The average Bonchev–Trinajstić information content (AvgIpc) is 3.30. The summed E-state index contributed by atoms with van der Waals surface area (Å²) in [4.78, 5) is 27.4. The number of benzene rings is 1. The number of fused-ring (bicyclic) bond motifs is 4. The van der Waals surface area contributed by atoms with E-state index in [1.54, 1.807) is 36.4 Å². The van der Waals surface area contributed by atoms with Crippen LogP contribution in [0.15, 0.2) is 52.2 Å². The summed E-state index contributed by atoms with van der Waals surface area (Å²) in [6.07, 6.45) is 2.77. The molecule has 0 N–H and O–H groups in total. The second kappa shape index (κ2) is 7.35. The first-order valence-corrected chi connectivity index (χ1v) is 12.0. The van der Waals surface area contributed by atoms with Gasteiger partial charge in [0.05, 0.1) is 4.90 Å². The predicted octanol–water partition coefficient (Wildman–Crippen LogP) is 1.89. The highest BCUT2D eigenvalue weighted by molar-refractivity contribution is 7.89. The Hall–Kier alpha value is -2.45.